The molecule has 24 heavy (non-hydrogen) atoms. The fourth-order valence-corrected chi connectivity index (χ4v) is 5.03. The van der Waals surface area contributed by atoms with Gasteiger partial charge in [0.15, 0.2) is 0 Å². The Bertz CT molecular complexity index is 797. The second kappa shape index (κ2) is 6.84. The first-order valence-electron chi connectivity index (χ1n) is 7.62. The molecule has 0 saturated carbocycles. The number of hydrogen-bond acceptors (Lipinski definition) is 5. The summed E-state index contributed by atoms with van der Waals surface area (Å²) in [5.41, 5.74) is 7.01. The number of rotatable bonds is 4. The Morgan fingerprint density at radius 1 is 1.33 bits per heavy atom. The molecule has 0 spiro atoms. The first kappa shape index (κ1) is 17.4. The molecule has 8 heteroatoms. The normalized spacial score (nSPS) is 14.7. The van der Waals surface area contributed by atoms with Crippen LogP contribution in [0.5, 0.6) is 0 Å². The third-order valence-corrected chi connectivity index (χ3v) is 6.45. The van der Waals surface area contributed by atoms with E-state index >= 15 is 0 Å². The highest BCUT2D eigenvalue weighted by Gasteiger charge is 2.28. The van der Waals surface area contributed by atoms with Gasteiger partial charge in [-0.25, -0.2) is 0 Å². The zero-order chi connectivity index (χ0) is 17.4. The fourth-order valence-electron chi connectivity index (χ4n) is 2.81. The van der Waals surface area contributed by atoms with Crippen LogP contribution in [0.15, 0.2) is 12.1 Å². The summed E-state index contributed by atoms with van der Waals surface area (Å²) in [5, 5.41) is 3.37. The maximum absolute atomic E-state index is 12.4. The van der Waals surface area contributed by atoms with Crippen LogP contribution < -0.4 is 11.1 Å². The average Bonchev–Trinajstić information content (AvgIpc) is 3.09. The highest BCUT2D eigenvalue weighted by atomic mass is 35.5. The van der Waals surface area contributed by atoms with Gasteiger partial charge in [0.1, 0.15) is 5.00 Å². The van der Waals surface area contributed by atoms with E-state index in [1.54, 1.807) is 12.1 Å². The molecule has 0 radical (unpaired) electrons. The molecule has 128 valence electrons. The van der Waals surface area contributed by atoms with Crippen LogP contribution in [-0.4, -0.2) is 29.3 Å². The minimum absolute atomic E-state index is 0.270. The number of carbonyl (C=O) groups is 2. The van der Waals surface area contributed by atoms with Gasteiger partial charge in [-0.1, -0.05) is 11.6 Å². The second-order valence-electron chi connectivity index (χ2n) is 5.94. The van der Waals surface area contributed by atoms with E-state index in [1.807, 2.05) is 0 Å². The number of halogens is 1. The number of nitrogens with two attached hydrogens (primary N) is 1. The van der Waals surface area contributed by atoms with E-state index < -0.39 is 5.91 Å². The molecule has 3 heterocycles. The monoisotopic (exact) mass is 383 g/mol. The molecule has 1 aliphatic rings. The van der Waals surface area contributed by atoms with Crippen LogP contribution in [-0.2, 0) is 13.0 Å². The van der Waals surface area contributed by atoms with Gasteiger partial charge in [-0.3, -0.25) is 14.5 Å². The first-order chi connectivity index (χ1) is 11.4. The summed E-state index contributed by atoms with van der Waals surface area (Å²) >= 11 is 8.52. The van der Waals surface area contributed by atoms with Gasteiger partial charge in [0.25, 0.3) is 11.8 Å². The van der Waals surface area contributed by atoms with Crippen LogP contribution >= 0.6 is 34.3 Å². The van der Waals surface area contributed by atoms with Crippen molar-refractivity contribution in [1.29, 1.82) is 0 Å². The van der Waals surface area contributed by atoms with Gasteiger partial charge >= 0.3 is 0 Å². The lowest BCUT2D eigenvalue weighted by atomic mass is 10.0. The summed E-state index contributed by atoms with van der Waals surface area (Å²) in [6.07, 6.45) is 0.767. The van der Waals surface area contributed by atoms with Crippen molar-refractivity contribution in [3.05, 3.63) is 37.4 Å². The molecular weight excluding hydrogens is 366 g/mol. The number of thiophene rings is 2. The molecule has 0 aliphatic carbocycles. The van der Waals surface area contributed by atoms with Crippen molar-refractivity contribution in [2.45, 2.75) is 32.9 Å². The quantitative estimate of drug-likeness (QED) is 0.847. The van der Waals surface area contributed by atoms with Crippen LogP contribution in [0.1, 0.15) is 44.3 Å². The van der Waals surface area contributed by atoms with Gasteiger partial charge in [-0.05, 0) is 38.0 Å². The third-order valence-electron chi connectivity index (χ3n) is 4.09. The van der Waals surface area contributed by atoms with Crippen molar-refractivity contribution in [1.82, 2.24) is 4.90 Å². The number of nitrogens with zero attached hydrogens (tertiary/aromatic N) is 1. The number of hydrogen-bond donors (Lipinski definition) is 2. The molecule has 0 saturated heterocycles. The Balaban J connectivity index is 1.91. The lowest BCUT2D eigenvalue weighted by molar-refractivity contribution is 0.0999. The molecule has 5 nitrogen and oxygen atoms in total. The van der Waals surface area contributed by atoms with E-state index in [1.165, 1.54) is 22.7 Å². The zero-order valence-electron chi connectivity index (χ0n) is 13.4. The number of anilines is 1. The molecule has 2 amide bonds. The van der Waals surface area contributed by atoms with E-state index in [2.05, 4.69) is 24.1 Å². The van der Waals surface area contributed by atoms with Crippen LogP contribution in [0.3, 0.4) is 0 Å². The van der Waals surface area contributed by atoms with Crippen LogP contribution in [0, 0.1) is 0 Å². The van der Waals surface area contributed by atoms with Crippen molar-refractivity contribution in [3.63, 3.8) is 0 Å². The van der Waals surface area contributed by atoms with E-state index in [-0.39, 0.29) is 5.91 Å². The Kier molecular flexibility index (Phi) is 4.96. The molecule has 3 N–H and O–H groups in total. The van der Waals surface area contributed by atoms with E-state index in [9.17, 15) is 9.59 Å². The number of nitrogens with one attached hydrogen (secondary N) is 1. The molecule has 3 rings (SSSR count). The summed E-state index contributed by atoms with van der Waals surface area (Å²) in [6.45, 7) is 5.96. The standard InChI is InChI=1S/C16H18ClN3O2S2/c1-8(2)20-6-5-9-11(7-20)24-16(13(9)14(18)21)19-15(22)10-3-4-12(17)23-10/h3-4,8H,5-7H2,1-2H3,(H2,18,21)(H,19,22). The molecular formula is C16H18ClN3O2S2. The second-order valence-corrected chi connectivity index (χ2v) is 8.76. The van der Waals surface area contributed by atoms with E-state index in [0.29, 0.717) is 25.8 Å². The van der Waals surface area contributed by atoms with Crippen molar-refractivity contribution < 1.29 is 9.59 Å². The molecule has 1 aliphatic heterocycles. The lowest BCUT2D eigenvalue weighted by Crippen LogP contribution is -2.35. The summed E-state index contributed by atoms with van der Waals surface area (Å²) in [6, 6.07) is 3.78. The van der Waals surface area contributed by atoms with Crippen LogP contribution in [0.25, 0.3) is 0 Å². The van der Waals surface area contributed by atoms with Crippen molar-refractivity contribution in [2.75, 3.05) is 11.9 Å². The van der Waals surface area contributed by atoms with Crippen LogP contribution in [0.2, 0.25) is 4.34 Å². The minimum Gasteiger partial charge on any atom is -0.365 e. The Labute approximate surface area is 153 Å². The topological polar surface area (TPSA) is 75.4 Å². The predicted octanol–water partition coefficient (Wildman–Crippen LogP) is 3.58. The summed E-state index contributed by atoms with van der Waals surface area (Å²) < 4.78 is 0.549. The van der Waals surface area contributed by atoms with Crippen LogP contribution in [0.4, 0.5) is 5.00 Å². The van der Waals surface area contributed by atoms with Crippen molar-refractivity contribution in [2.24, 2.45) is 5.73 Å². The number of carbonyl (C=O) groups excluding carboxylic acids is 2. The largest absolute Gasteiger partial charge is 0.365 e. The smallest absolute Gasteiger partial charge is 0.266 e. The summed E-state index contributed by atoms with van der Waals surface area (Å²) in [5.74, 6) is -0.765. The van der Waals surface area contributed by atoms with Crippen molar-refractivity contribution >= 4 is 51.1 Å². The lowest BCUT2D eigenvalue weighted by Gasteiger charge is -2.30. The Morgan fingerprint density at radius 2 is 2.08 bits per heavy atom. The predicted molar refractivity (Wildman–Crippen MR) is 99.4 cm³/mol. The minimum atomic E-state index is -0.495. The van der Waals surface area contributed by atoms with Gasteiger partial charge in [-0.2, -0.15) is 0 Å². The highest BCUT2D eigenvalue weighted by Crippen LogP contribution is 2.37. The maximum atomic E-state index is 12.4. The highest BCUT2D eigenvalue weighted by molar-refractivity contribution is 7.18. The Hall–Kier alpha value is -1.41. The zero-order valence-corrected chi connectivity index (χ0v) is 15.8. The van der Waals surface area contributed by atoms with Gasteiger partial charge < -0.3 is 11.1 Å². The molecule has 2 aromatic heterocycles. The molecule has 0 bridgehead atoms. The molecule has 0 atom stereocenters. The summed E-state index contributed by atoms with van der Waals surface area (Å²) in [7, 11) is 0. The van der Waals surface area contributed by atoms with Gasteiger partial charge in [0.05, 0.1) is 14.8 Å². The average molecular weight is 384 g/mol. The molecule has 2 aromatic rings. The number of primary amides is 1. The van der Waals surface area contributed by atoms with E-state index in [4.69, 9.17) is 17.3 Å². The third kappa shape index (κ3) is 3.35. The van der Waals surface area contributed by atoms with Crippen molar-refractivity contribution in [3.8, 4) is 0 Å². The van der Waals surface area contributed by atoms with Gasteiger partial charge in [0.2, 0.25) is 0 Å². The fraction of sp³-hybridized carbons (Fsp3) is 0.375. The molecule has 0 fully saturated rings. The maximum Gasteiger partial charge on any atom is 0.266 e. The Morgan fingerprint density at radius 3 is 2.67 bits per heavy atom. The number of fused-ring (bicyclic) bond motifs is 1. The van der Waals surface area contributed by atoms with Gasteiger partial charge in [-0.15, -0.1) is 22.7 Å². The molecule has 0 aromatic carbocycles. The van der Waals surface area contributed by atoms with E-state index in [0.717, 1.165) is 30.0 Å². The molecule has 0 unspecified atom stereocenters. The van der Waals surface area contributed by atoms with Gasteiger partial charge in [0, 0.05) is 24.0 Å². The number of amides is 2. The summed E-state index contributed by atoms with van der Waals surface area (Å²) in [4.78, 5) is 28.3. The SMILES string of the molecule is CC(C)N1CCc2c(sc(NC(=O)c3ccc(Cl)s3)c2C(N)=O)C1. The first-order valence-corrected chi connectivity index (χ1v) is 9.63.